The second kappa shape index (κ2) is 5.37. The van der Waals surface area contributed by atoms with E-state index in [1.807, 2.05) is 0 Å². The molecule has 1 spiro atoms. The standard InChI is InChI=1S/C12H19N5O3/c13-10(16-18)11-14-8-17(15-11)9-1-4-20-12(7-9)2-5-19-6-3-12/h8-9,18H,1-7H2,(H2,13,16). The first-order valence-corrected chi connectivity index (χ1v) is 6.83. The van der Waals surface area contributed by atoms with Gasteiger partial charge in [0.25, 0.3) is 0 Å². The van der Waals surface area contributed by atoms with E-state index in [0.717, 1.165) is 38.9 Å². The van der Waals surface area contributed by atoms with Crippen LogP contribution < -0.4 is 5.73 Å². The van der Waals surface area contributed by atoms with E-state index in [-0.39, 0.29) is 23.3 Å². The number of ether oxygens (including phenoxy) is 2. The van der Waals surface area contributed by atoms with Crippen molar-refractivity contribution >= 4 is 5.84 Å². The molecule has 1 aromatic rings. The molecule has 1 unspecified atom stereocenters. The molecule has 2 saturated heterocycles. The van der Waals surface area contributed by atoms with Crippen LogP contribution in [0.3, 0.4) is 0 Å². The smallest absolute Gasteiger partial charge is 0.219 e. The summed E-state index contributed by atoms with van der Waals surface area (Å²) in [5.41, 5.74) is 5.40. The highest BCUT2D eigenvalue weighted by Crippen LogP contribution is 2.38. The van der Waals surface area contributed by atoms with Gasteiger partial charge in [-0.2, -0.15) is 0 Å². The number of nitrogens with two attached hydrogens (primary N) is 1. The maximum absolute atomic E-state index is 8.65. The van der Waals surface area contributed by atoms with Gasteiger partial charge in [-0.1, -0.05) is 5.16 Å². The van der Waals surface area contributed by atoms with Crippen LogP contribution in [0.1, 0.15) is 37.5 Å². The maximum atomic E-state index is 8.65. The molecular formula is C12H19N5O3. The lowest BCUT2D eigenvalue weighted by Gasteiger charge is -2.43. The highest BCUT2D eigenvalue weighted by Gasteiger charge is 2.39. The van der Waals surface area contributed by atoms with Gasteiger partial charge < -0.3 is 20.4 Å². The first-order chi connectivity index (χ1) is 9.72. The SMILES string of the molecule is NC(=NO)c1ncn(C2CCOC3(CCOCC3)C2)n1. The molecule has 0 radical (unpaired) electrons. The van der Waals surface area contributed by atoms with Crippen LogP contribution in [0.15, 0.2) is 11.5 Å². The number of hydrogen-bond acceptors (Lipinski definition) is 6. The molecule has 8 nitrogen and oxygen atoms in total. The van der Waals surface area contributed by atoms with Crippen LogP contribution in [0, 0.1) is 0 Å². The molecule has 0 bridgehead atoms. The Morgan fingerprint density at radius 1 is 1.45 bits per heavy atom. The van der Waals surface area contributed by atoms with Crippen molar-refractivity contribution in [2.75, 3.05) is 19.8 Å². The first kappa shape index (κ1) is 13.3. The van der Waals surface area contributed by atoms with Crippen LogP contribution in [-0.2, 0) is 9.47 Å². The second-order valence-electron chi connectivity index (χ2n) is 5.32. The number of oxime groups is 1. The normalized spacial score (nSPS) is 26.8. The molecule has 2 aliphatic heterocycles. The minimum absolute atomic E-state index is 0.0726. The minimum Gasteiger partial charge on any atom is -0.409 e. The van der Waals surface area contributed by atoms with Crippen LogP contribution in [0.2, 0.25) is 0 Å². The molecule has 1 aromatic heterocycles. The average molecular weight is 281 g/mol. The van der Waals surface area contributed by atoms with Crippen LogP contribution in [0.25, 0.3) is 0 Å². The van der Waals surface area contributed by atoms with Crippen LogP contribution in [0.4, 0.5) is 0 Å². The number of amidine groups is 1. The van der Waals surface area contributed by atoms with Gasteiger partial charge in [-0.15, -0.1) is 5.10 Å². The number of nitrogens with zero attached hydrogens (tertiary/aromatic N) is 4. The Kier molecular flexibility index (Phi) is 3.58. The van der Waals surface area contributed by atoms with Gasteiger partial charge in [-0.05, 0) is 25.7 Å². The fourth-order valence-electron chi connectivity index (χ4n) is 2.93. The lowest BCUT2D eigenvalue weighted by Crippen LogP contribution is -2.44. The van der Waals surface area contributed by atoms with E-state index in [9.17, 15) is 0 Å². The average Bonchev–Trinajstić information content (AvgIpc) is 2.97. The molecule has 0 aromatic carbocycles. The summed E-state index contributed by atoms with van der Waals surface area (Å²) in [4.78, 5) is 4.07. The van der Waals surface area contributed by atoms with E-state index in [2.05, 4.69) is 15.2 Å². The fourth-order valence-corrected chi connectivity index (χ4v) is 2.93. The summed E-state index contributed by atoms with van der Waals surface area (Å²) in [6.45, 7) is 2.21. The van der Waals surface area contributed by atoms with Crippen molar-refractivity contribution in [1.29, 1.82) is 0 Å². The van der Waals surface area contributed by atoms with Crippen molar-refractivity contribution in [3.05, 3.63) is 12.2 Å². The Morgan fingerprint density at radius 3 is 3.00 bits per heavy atom. The Bertz CT molecular complexity index is 490. The lowest BCUT2D eigenvalue weighted by atomic mass is 9.84. The van der Waals surface area contributed by atoms with Gasteiger partial charge in [0.1, 0.15) is 6.33 Å². The summed E-state index contributed by atoms with van der Waals surface area (Å²) in [5.74, 6) is 0.177. The highest BCUT2D eigenvalue weighted by molar-refractivity contribution is 5.93. The predicted octanol–water partition coefficient (Wildman–Crippen LogP) is 0.273. The fraction of sp³-hybridized carbons (Fsp3) is 0.750. The third-order valence-electron chi connectivity index (χ3n) is 4.09. The number of hydrogen-bond donors (Lipinski definition) is 2. The van der Waals surface area contributed by atoms with Crippen LogP contribution >= 0.6 is 0 Å². The van der Waals surface area contributed by atoms with E-state index in [0.29, 0.717) is 6.61 Å². The zero-order valence-corrected chi connectivity index (χ0v) is 11.2. The van der Waals surface area contributed by atoms with Gasteiger partial charge in [0.2, 0.25) is 11.7 Å². The molecular weight excluding hydrogens is 262 g/mol. The van der Waals surface area contributed by atoms with Crippen molar-refractivity contribution in [2.45, 2.75) is 37.3 Å². The molecule has 20 heavy (non-hydrogen) atoms. The third kappa shape index (κ3) is 2.48. The van der Waals surface area contributed by atoms with Crippen molar-refractivity contribution < 1.29 is 14.7 Å². The number of rotatable bonds is 2. The highest BCUT2D eigenvalue weighted by atomic mass is 16.5. The van der Waals surface area contributed by atoms with Crippen LogP contribution in [0.5, 0.6) is 0 Å². The molecule has 2 fully saturated rings. The monoisotopic (exact) mass is 281 g/mol. The molecule has 1 atom stereocenters. The third-order valence-corrected chi connectivity index (χ3v) is 4.09. The van der Waals surface area contributed by atoms with Crippen molar-refractivity contribution in [1.82, 2.24) is 14.8 Å². The Labute approximate surface area is 116 Å². The predicted molar refractivity (Wildman–Crippen MR) is 69.5 cm³/mol. The van der Waals surface area contributed by atoms with E-state index >= 15 is 0 Å². The lowest BCUT2D eigenvalue weighted by molar-refractivity contribution is -0.145. The summed E-state index contributed by atoms with van der Waals surface area (Å²) in [6.07, 6.45) is 5.27. The van der Waals surface area contributed by atoms with Crippen molar-refractivity contribution in [3.8, 4) is 0 Å². The molecule has 0 amide bonds. The summed E-state index contributed by atoms with van der Waals surface area (Å²) in [6, 6.07) is 0.231. The Morgan fingerprint density at radius 2 is 2.25 bits per heavy atom. The minimum atomic E-state index is -0.0934. The first-order valence-electron chi connectivity index (χ1n) is 6.83. The quantitative estimate of drug-likeness (QED) is 0.349. The van der Waals surface area contributed by atoms with Gasteiger partial charge >= 0.3 is 0 Å². The molecule has 110 valence electrons. The zero-order chi connectivity index (χ0) is 14.0. The van der Waals surface area contributed by atoms with Crippen LogP contribution in [-0.4, -0.2) is 51.2 Å². The molecule has 0 aliphatic carbocycles. The van der Waals surface area contributed by atoms with Gasteiger partial charge in [-0.25, -0.2) is 9.67 Å². The van der Waals surface area contributed by atoms with Crippen molar-refractivity contribution in [2.24, 2.45) is 10.9 Å². The molecule has 3 rings (SSSR count). The van der Waals surface area contributed by atoms with Crippen molar-refractivity contribution in [3.63, 3.8) is 0 Å². The summed E-state index contributed by atoms with van der Waals surface area (Å²) in [7, 11) is 0. The summed E-state index contributed by atoms with van der Waals surface area (Å²) >= 11 is 0. The van der Waals surface area contributed by atoms with E-state index in [1.165, 1.54) is 0 Å². The molecule has 3 N–H and O–H groups in total. The summed E-state index contributed by atoms with van der Waals surface area (Å²) in [5, 5.41) is 15.8. The number of aromatic nitrogens is 3. The van der Waals surface area contributed by atoms with Gasteiger partial charge in [0.05, 0.1) is 11.6 Å². The van der Waals surface area contributed by atoms with Gasteiger partial charge in [0.15, 0.2) is 0 Å². The van der Waals surface area contributed by atoms with Gasteiger partial charge in [-0.3, -0.25) is 0 Å². The van der Waals surface area contributed by atoms with E-state index < -0.39 is 0 Å². The molecule has 8 heteroatoms. The zero-order valence-electron chi connectivity index (χ0n) is 11.2. The molecule has 2 aliphatic rings. The van der Waals surface area contributed by atoms with E-state index in [4.69, 9.17) is 20.4 Å². The topological polar surface area (TPSA) is 108 Å². The van der Waals surface area contributed by atoms with E-state index in [1.54, 1.807) is 11.0 Å². The Balaban J connectivity index is 1.75. The second-order valence-corrected chi connectivity index (χ2v) is 5.32. The summed E-state index contributed by atoms with van der Waals surface area (Å²) < 4.78 is 13.2. The maximum Gasteiger partial charge on any atom is 0.219 e. The molecule has 3 heterocycles. The van der Waals surface area contributed by atoms with Gasteiger partial charge in [0, 0.05) is 19.8 Å². The molecule has 0 saturated carbocycles. The largest absolute Gasteiger partial charge is 0.409 e. The Hall–Kier alpha value is -1.67.